The maximum absolute atomic E-state index is 13.4. The minimum Gasteiger partial charge on any atom is -0.493 e. The molecule has 3 aromatic rings. The van der Waals surface area contributed by atoms with Gasteiger partial charge in [-0.2, -0.15) is 0 Å². The number of benzene rings is 2. The van der Waals surface area contributed by atoms with Gasteiger partial charge in [0, 0.05) is 37.4 Å². The van der Waals surface area contributed by atoms with E-state index in [2.05, 4.69) is 21.3 Å². The highest BCUT2D eigenvalue weighted by molar-refractivity contribution is 5.94. The van der Waals surface area contributed by atoms with Crippen molar-refractivity contribution in [1.29, 1.82) is 0 Å². The van der Waals surface area contributed by atoms with E-state index in [-0.39, 0.29) is 17.8 Å². The van der Waals surface area contributed by atoms with Crippen LogP contribution in [-0.4, -0.2) is 48.6 Å². The smallest absolute Gasteiger partial charge is 0.253 e. The minimum atomic E-state index is -0.311. The number of nitrogens with zero attached hydrogens (tertiary/aromatic N) is 2. The molecule has 0 bridgehead atoms. The van der Waals surface area contributed by atoms with Gasteiger partial charge in [0.2, 0.25) is 0 Å². The average molecular weight is 464 g/mol. The molecule has 0 aliphatic carbocycles. The van der Waals surface area contributed by atoms with Gasteiger partial charge in [0.25, 0.3) is 5.91 Å². The number of amides is 1. The van der Waals surface area contributed by atoms with E-state index in [1.54, 1.807) is 37.6 Å². The van der Waals surface area contributed by atoms with E-state index >= 15 is 0 Å². The van der Waals surface area contributed by atoms with Crippen molar-refractivity contribution in [3.63, 3.8) is 0 Å². The molecule has 0 saturated carbocycles. The molecule has 0 atom stereocenters. The van der Waals surface area contributed by atoms with Crippen LogP contribution in [0.5, 0.6) is 11.5 Å². The Kier molecular flexibility index (Phi) is 7.75. The molecule has 1 fully saturated rings. The number of carbonyl (C=O) groups excluding carboxylic acids is 1. The number of pyridine rings is 1. The Hall–Kier alpha value is -3.45. The van der Waals surface area contributed by atoms with E-state index in [4.69, 9.17) is 9.47 Å². The highest BCUT2D eigenvalue weighted by Gasteiger charge is 2.22. The quantitative estimate of drug-likeness (QED) is 0.525. The number of piperidine rings is 1. The second-order valence-corrected chi connectivity index (χ2v) is 8.38. The highest BCUT2D eigenvalue weighted by Crippen LogP contribution is 2.29. The topological polar surface area (TPSA) is 63.7 Å². The molecule has 1 N–H and O–H groups in total. The van der Waals surface area contributed by atoms with Crippen molar-refractivity contribution in [3.8, 4) is 22.8 Å². The highest BCUT2D eigenvalue weighted by atomic mass is 19.1. The lowest BCUT2D eigenvalue weighted by Crippen LogP contribution is -2.44. The average Bonchev–Trinajstić information content (AvgIpc) is 2.86. The Balaban J connectivity index is 1.28. The number of methoxy groups -OCH3 is 1. The molecule has 6 nitrogen and oxygen atoms in total. The van der Waals surface area contributed by atoms with Crippen molar-refractivity contribution in [1.82, 2.24) is 15.2 Å². The maximum Gasteiger partial charge on any atom is 0.253 e. The molecular weight excluding hydrogens is 433 g/mol. The lowest BCUT2D eigenvalue weighted by molar-refractivity contribution is 0.0908. The molecule has 4 rings (SSSR count). The molecule has 0 spiro atoms. The number of ether oxygens (including phenoxy) is 2. The Morgan fingerprint density at radius 1 is 1.12 bits per heavy atom. The van der Waals surface area contributed by atoms with Gasteiger partial charge in [0.05, 0.1) is 25.0 Å². The van der Waals surface area contributed by atoms with E-state index in [1.807, 2.05) is 19.1 Å². The molecular formula is C27H30FN3O3. The number of hydrogen-bond donors (Lipinski definition) is 1. The number of likely N-dealkylation sites (tertiary alicyclic amines) is 1. The Labute approximate surface area is 199 Å². The van der Waals surface area contributed by atoms with Crippen LogP contribution in [0.1, 0.15) is 35.7 Å². The summed E-state index contributed by atoms with van der Waals surface area (Å²) >= 11 is 0. The van der Waals surface area contributed by atoms with Crippen LogP contribution >= 0.6 is 0 Å². The Morgan fingerprint density at radius 2 is 1.94 bits per heavy atom. The first kappa shape index (κ1) is 23.7. The number of aromatic nitrogens is 1. The van der Waals surface area contributed by atoms with Crippen molar-refractivity contribution in [2.75, 3.05) is 26.8 Å². The summed E-state index contributed by atoms with van der Waals surface area (Å²) in [7, 11) is 1.65. The Morgan fingerprint density at radius 3 is 2.62 bits per heavy atom. The van der Waals surface area contributed by atoms with Crippen LogP contribution in [0, 0.1) is 5.82 Å². The van der Waals surface area contributed by atoms with E-state index in [1.165, 1.54) is 17.7 Å². The summed E-state index contributed by atoms with van der Waals surface area (Å²) in [6, 6.07) is 15.9. The first-order valence-electron chi connectivity index (χ1n) is 11.6. The SMILES string of the molecule is CCOc1ccc(CN2CCC(NC(=O)c3ccc(-c4cccc(F)c4)nc3)CC2)cc1OC. The molecule has 1 aliphatic rings. The maximum atomic E-state index is 13.4. The number of halogens is 1. The summed E-state index contributed by atoms with van der Waals surface area (Å²) in [5.41, 5.74) is 3.00. The third-order valence-corrected chi connectivity index (χ3v) is 6.00. The number of carbonyl (C=O) groups is 1. The van der Waals surface area contributed by atoms with Crippen LogP contribution in [0.15, 0.2) is 60.8 Å². The molecule has 2 heterocycles. The summed E-state index contributed by atoms with van der Waals surface area (Å²) in [5.74, 6) is 1.06. The third-order valence-electron chi connectivity index (χ3n) is 6.00. The second-order valence-electron chi connectivity index (χ2n) is 8.38. The summed E-state index contributed by atoms with van der Waals surface area (Å²) in [6.45, 7) is 5.18. The van der Waals surface area contributed by atoms with Crippen molar-refractivity contribution in [2.24, 2.45) is 0 Å². The number of hydrogen-bond acceptors (Lipinski definition) is 5. The monoisotopic (exact) mass is 463 g/mol. The standard InChI is InChI=1S/C27H30FN3O3/c1-3-34-25-10-7-19(15-26(25)33-2)18-31-13-11-23(12-14-31)30-27(32)21-8-9-24(29-17-21)20-5-4-6-22(28)16-20/h4-10,15-17,23H,3,11-14,18H2,1-2H3,(H,30,32). The van der Waals surface area contributed by atoms with Gasteiger partial charge in [0.1, 0.15) is 5.82 Å². The molecule has 1 aliphatic heterocycles. The molecule has 0 radical (unpaired) electrons. The zero-order valence-electron chi connectivity index (χ0n) is 19.6. The molecule has 178 valence electrons. The van der Waals surface area contributed by atoms with Gasteiger partial charge in [-0.05, 0) is 61.7 Å². The van der Waals surface area contributed by atoms with Crippen LogP contribution in [0.3, 0.4) is 0 Å². The van der Waals surface area contributed by atoms with Crippen LogP contribution in [-0.2, 0) is 6.54 Å². The first-order chi connectivity index (χ1) is 16.6. The molecule has 34 heavy (non-hydrogen) atoms. The summed E-state index contributed by atoms with van der Waals surface area (Å²) in [5, 5.41) is 3.13. The van der Waals surface area contributed by atoms with Crippen molar-refractivity contribution < 1.29 is 18.7 Å². The van der Waals surface area contributed by atoms with Crippen LogP contribution in [0.4, 0.5) is 4.39 Å². The van der Waals surface area contributed by atoms with E-state index < -0.39 is 0 Å². The molecule has 1 aromatic heterocycles. The van der Waals surface area contributed by atoms with Gasteiger partial charge in [-0.15, -0.1) is 0 Å². The molecule has 1 amide bonds. The first-order valence-corrected chi connectivity index (χ1v) is 11.6. The number of rotatable bonds is 8. The van der Waals surface area contributed by atoms with Gasteiger partial charge < -0.3 is 14.8 Å². The van der Waals surface area contributed by atoms with Crippen LogP contribution < -0.4 is 14.8 Å². The Bertz CT molecular complexity index is 1110. The van der Waals surface area contributed by atoms with Gasteiger partial charge >= 0.3 is 0 Å². The van der Waals surface area contributed by atoms with E-state index in [0.29, 0.717) is 23.4 Å². The van der Waals surface area contributed by atoms with E-state index in [9.17, 15) is 9.18 Å². The molecule has 1 saturated heterocycles. The van der Waals surface area contributed by atoms with Crippen molar-refractivity contribution >= 4 is 5.91 Å². The van der Waals surface area contributed by atoms with Crippen molar-refractivity contribution in [3.05, 3.63) is 77.7 Å². The van der Waals surface area contributed by atoms with E-state index in [0.717, 1.165) is 44.0 Å². The fourth-order valence-electron chi connectivity index (χ4n) is 4.19. The molecule has 2 aromatic carbocycles. The fourth-order valence-corrected chi connectivity index (χ4v) is 4.19. The van der Waals surface area contributed by atoms with Gasteiger partial charge in [0.15, 0.2) is 11.5 Å². The second kappa shape index (κ2) is 11.1. The van der Waals surface area contributed by atoms with Gasteiger partial charge in [-0.25, -0.2) is 4.39 Å². The largest absolute Gasteiger partial charge is 0.493 e. The van der Waals surface area contributed by atoms with Crippen LogP contribution in [0.2, 0.25) is 0 Å². The minimum absolute atomic E-state index is 0.126. The zero-order chi connectivity index (χ0) is 23.9. The van der Waals surface area contributed by atoms with Crippen LogP contribution in [0.25, 0.3) is 11.3 Å². The predicted octanol–water partition coefficient (Wildman–Crippen LogP) is 4.69. The van der Waals surface area contributed by atoms with Gasteiger partial charge in [-0.3, -0.25) is 14.7 Å². The normalized spacial score (nSPS) is 14.6. The summed E-state index contributed by atoms with van der Waals surface area (Å²) in [6.07, 6.45) is 3.31. The number of nitrogens with one attached hydrogen (secondary N) is 1. The van der Waals surface area contributed by atoms with Gasteiger partial charge in [-0.1, -0.05) is 18.2 Å². The third kappa shape index (κ3) is 5.91. The molecule has 0 unspecified atom stereocenters. The lowest BCUT2D eigenvalue weighted by Gasteiger charge is -2.32. The summed E-state index contributed by atoms with van der Waals surface area (Å²) < 4.78 is 24.5. The summed E-state index contributed by atoms with van der Waals surface area (Å²) in [4.78, 5) is 19.4. The van der Waals surface area contributed by atoms with Crippen molar-refractivity contribution in [2.45, 2.75) is 32.4 Å². The zero-order valence-corrected chi connectivity index (χ0v) is 19.6. The molecule has 7 heteroatoms. The predicted molar refractivity (Wildman–Crippen MR) is 130 cm³/mol. The fraction of sp³-hybridized carbons (Fsp3) is 0.333. The lowest BCUT2D eigenvalue weighted by atomic mass is 10.0.